The average molecular weight is 437 g/mol. The Balaban J connectivity index is 1.79. The molecule has 134 valence electrons. The molecule has 27 heavy (non-hydrogen) atoms. The monoisotopic (exact) mass is 435 g/mol. The van der Waals surface area contributed by atoms with Crippen molar-refractivity contribution in [3.05, 3.63) is 72.7 Å². The highest BCUT2D eigenvalue weighted by Crippen LogP contribution is 2.47. The molecule has 2 aliphatic rings. The number of benzene rings is 3. The van der Waals surface area contributed by atoms with Gasteiger partial charge in [-0.2, -0.15) is 0 Å². The number of rotatable bonds is 1. The van der Waals surface area contributed by atoms with Crippen LogP contribution < -0.4 is 4.90 Å². The SMILES string of the molecule is O=C1c2c(Cl)c(Cl)c(Cl)c(Cl)c2C(=O)N1c1ccc2c3c(cccc13)CC2. The van der Waals surface area contributed by atoms with Gasteiger partial charge in [0.25, 0.3) is 11.8 Å². The number of hydrogen-bond donors (Lipinski definition) is 0. The van der Waals surface area contributed by atoms with Gasteiger partial charge in [-0.1, -0.05) is 70.7 Å². The Morgan fingerprint density at radius 1 is 0.704 bits per heavy atom. The number of fused-ring (bicyclic) bond motifs is 1. The highest BCUT2D eigenvalue weighted by Gasteiger charge is 2.43. The second-order valence-electron chi connectivity index (χ2n) is 6.54. The quantitative estimate of drug-likeness (QED) is 0.253. The lowest BCUT2D eigenvalue weighted by Gasteiger charge is -2.17. The molecule has 3 aromatic rings. The maximum absolute atomic E-state index is 13.1. The van der Waals surface area contributed by atoms with E-state index in [9.17, 15) is 9.59 Å². The molecule has 3 aromatic carbocycles. The topological polar surface area (TPSA) is 37.4 Å². The van der Waals surface area contributed by atoms with Gasteiger partial charge in [0.05, 0.1) is 36.9 Å². The molecule has 0 N–H and O–H groups in total. The summed E-state index contributed by atoms with van der Waals surface area (Å²) in [5.74, 6) is -1.11. The Kier molecular flexibility index (Phi) is 3.76. The Bertz CT molecular complexity index is 1160. The summed E-state index contributed by atoms with van der Waals surface area (Å²) < 4.78 is 0. The molecule has 0 fully saturated rings. The average Bonchev–Trinajstić information content (AvgIpc) is 3.19. The van der Waals surface area contributed by atoms with Gasteiger partial charge in [-0.15, -0.1) is 0 Å². The molecule has 1 heterocycles. The number of imide groups is 1. The normalized spacial score (nSPS) is 15.2. The summed E-state index contributed by atoms with van der Waals surface area (Å²) in [4.78, 5) is 27.4. The van der Waals surface area contributed by atoms with Gasteiger partial charge in [-0.25, -0.2) is 4.90 Å². The number of nitrogens with zero attached hydrogens (tertiary/aromatic N) is 1. The molecular weight excluding hydrogens is 428 g/mol. The van der Waals surface area contributed by atoms with Gasteiger partial charge in [0.15, 0.2) is 0 Å². The van der Waals surface area contributed by atoms with Crippen molar-refractivity contribution in [3.8, 4) is 0 Å². The third kappa shape index (κ3) is 2.17. The summed E-state index contributed by atoms with van der Waals surface area (Å²) in [6.07, 6.45) is 1.89. The molecular formula is C20H9Cl4NO2. The molecule has 0 saturated carbocycles. The summed E-state index contributed by atoms with van der Waals surface area (Å²) in [7, 11) is 0. The molecule has 7 heteroatoms. The van der Waals surface area contributed by atoms with Gasteiger partial charge in [-0.05, 0) is 35.4 Å². The molecule has 0 radical (unpaired) electrons. The Morgan fingerprint density at radius 3 is 1.85 bits per heavy atom. The van der Waals surface area contributed by atoms with E-state index < -0.39 is 11.8 Å². The maximum atomic E-state index is 13.1. The number of hydrogen-bond acceptors (Lipinski definition) is 2. The molecule has 0 unspecified atom stereocenters. The highest BCUT2D eigenvalue weighted by atomic mass is 35.5. The lowest BCUT2D eigenvalue weighted by atomic mass is 10.0. The molecule has 5 rings (SSSR count). The first-order valence-corrected chi connectivity index (χ1v) is 9.71. The van der Waals surface area contributed by atoms with Crippen LogP contribution in [0.15, 0.2) is 30.3 Å². The smallest absolute Gasteiger partial charge is 0.267 e. The number of halogens is 4. The first kappa shape index (κ1) is 17.3. The van der Waals surface area contributed by atoms with Crippen molar-refractivity contribution >= 4 is 74.7 Å². The van der Waals surface area contributed by atoms with E-state index in [-0.39, 0.29) is 31.2 Å². The lowest BCUT2D eigenvalue weighted by molar-refractivity contribution is 0.0926. The van der Waals surface area contributed by atoms with Crippen LogP contribution in [0.2, 0.25) is 20.1 Å². The van der Waals surface area contributed by atoms with Crippen LogP contribution in [-0.4, -0.2) is 11.8 Å². The van der Waals surface area contributed by atoms with Crippen molar-refractivity contribution < 1.29 is 9.59 Å². The molecule has 1 aliphatic carbocycles. The third-order valence-corrected chi connectivity index (χ3v) is 7.00. The van der Waals surface area contributed by atoms with Crippen LogP contribution >= 0.6 is 46.4 Å². The molecule has 0 saturated heterocycles. The van der Waals surface area contributed by atoms with E-state index in [1.54, 1.807) is 6.07 Å². The van der Waals surface area contributed by atoms with Gasteiger partial charge in [0, 0.05) is 5.39 Å². The van der Waals surface area contributed by atoms with Crippen LogP contribution in [0.3, 0.4) is 0 Å². The van der Waals surface area contributed by atoms with E-state index in [4.69, 9.17) is 46.4 Å². The van der Waals surface area contributed by atoms with E-state index in [0.717, 1.165) is 28.5 Å². The summed E-state index contributed by atoms with van der Waals surface area (Å²) in [5, 5.41) is 1.75. The molecule has 1 aliphatic heterocycles. The second kappa shape index (κ2) is 5.86. The second-order valence-corrected chi connectivity index (χ2v) is 8.05. The van der Waals surface area contributed by atoms with Gasteiger partial charge in [0.2, 0.25) is 0 Å². The van der Waals surface area contributed by atoms with Gasteiger partial charge in [-0.3, -0.25) is 9.59 Å². The number of anilines is 1. The summed E-state index contributed by atoms with van der Waals surface area (Å²) in [5.41, 5.74) is 2.91. The van der Waals surface area contributed by atoms with Crippen LogP contribution in [-0.2, 0) is 12.8 Å². The minimum Gasteiger partial charge on any atom is -0.268 e. The van der Waals surface area contributed by atoms with E-state index in [1.165, 1.54) is 11.1 Å². The fourth-order valence-corrected chi connectivity index (χ4v) is 5.01. The molecule has 0 atom stereocenters. The van der Waals surface area contributed by atoms with Crippen LogP contribution in [0, 0.1) is 0 Å². The van der Waals surface area contributed by atoms with E-state index in [1.807, 2.05) is 18.2 Å². The van der Waals surface area contributed by atoms with Crippen molar-refractivity contribution in [1.82, 2.24) is 0 Å². The Hall–Kier alpha value is -1.78. The largest absolute Gasteiger partial charge is 0.268 e. The predicted molar refractivity (Wildman–Crippen MR) is 109 cm³/mol. The summed E-state index contributed by atoms with van der Waals surface area (Å²) in [6.45, 7) is 0. The predicted octanol–water partition coefficient (Wildman–Crippen LogP) is 6.35. The number of amides is 2. The fraction of sp³-hybridized carbons (Fsp3) is 0.100. The lowest BCUT2D eigenvalue weighted by Crippen LogP contribution is -2.29. The van der Waals surface area contributed by atoms with E-state index in [2.05, 4.69) is 6.07 Å². The molecule has 0 bridgehead atoms. The molecule has 0 aromatic heterocycles. The summed E-state index contributed by atoms with van der Waals surface area (Å²) >= 11 is 24.6. The van der Waals surface area contributed by atoms with Crippen molar-refractivity contribution in [2.75, 3.05) is 4.90 Å². The van der Waals surface area contributed by atoms with Crippen LogP contribution in [0.1, 0.15) is 31.8 Å². The molecule has 0 spiro atoms. The molecule has 2 amide bonds. The number of aryl methyl sites for hydroxylation is 2. The van der Waals surface area contributed by atoms with Gasteiger partial charge < -0.3 is 0 Å². The van der Waals surface area contributed by atoms with Crippen molar-refractivity contribution in [3.63, 3.8) is 0 Å². The van der Waals surface area contributed by atoms with Gasteiger partial charge in [0.1, 0.15) is 0 Å². The third-order valence-electron chi connectivity index (χ3n) is 5.20. The summed E-state index contributed by atoms with van der Waals surface area (Å²) in [6, 6.07) is 9.66. The first-order chi connectivity index (χ1) is 12.9. The van der Waals surface area contributed by atoms with Crippen LogP contribution in [0.25, 0.3) is 10.8 Å². The van der Waals surface area contributed by atoms with Crippen molar-refractivity contribution in [2.45, 2.75) is 12.8 Å². The minimum absolute atomic E-state index is 0.00989. The first-order valence-electron chi connectivity index (χ1n) is 8.20. The number of carbonyl (C=O) groups is 2. The highest BCUT2D eigenvalue weighted by molar-refractivity contribution is 6.56. The zero-order valence-corrected chi connectivity index (χ0v) is 16.6. The van der Waals surface area contributed by atoms with E-state index >= 15 is 0 Å². The number of carbonyl (C=O) groups excluding carboxylic acids is 2. The maximum Gasteiger partial charge on any atom is 0.267 e. The van der Waals surface area contributed by atoms with Crippen LogP contribution in [0.4, 0.5) is 5.69 Å². The Morgan fingerprint density at radius 2 is 1.26 bits per heavy atom. The van der Waals surface area contributed by atoms with Crippen molar-refractivity contribution in [2.24, 2.45) is 0 Å². The standard InChI is InChI=1S/C20H9Cl4NO2/c21-15-13-14(16(22)18(24)17(15)23)20(27)25(19(13)26)11-7-6-9-5-4-8-2-1-3-10(11)12(8)9/h1-3,6-7H,4-5H2. The zero-order valence-electron chi connectivity index (χ0n) is 13.6. The minimum atomic E-state index is -0.556. The van der Waals surface area contributed by atoms with Crippen LogP contribution in [0.5, 0.6) is 0 Å². The Labute approximate surface area is 174 Å². The van der Waals surface area contributed by atoms with Gasteiger partial charge >= 0.3 is 0 Å². The fourth-order valence-electron chi connectivity index (χ4n) is 3.99. The zero-order chi connectivity index (χ0) is 19.0. The van der Waals surface area contributed by atoms with E-state index in [0.29, 0.717) is 5.69 Å². The van der Waals surface area contributed by atoms with Crippen molar-refractivity contribution in [1.29, 1.82) is 0 Å². The molecule has 3 nitrogen and oxygen atoms in total.